The Hall–Kier alpha value is -0.0400. The molecule has 3 saturated carbocycles. The Labute approximate surface area is 132 Å². The number of unbranched alkanes of at least 4 members (excludes halogenated alkanes) is 2. The van der Waals surface area contributed by atoms with E-state index in [-0.39, 0.29) is 5.60 Å². The smallest absolute Gasteiger partial charge is 0.0688 e. The first-order valence-corrected chi connectivity index (χ1v) is 9.55. The van der Waals surface area contributed by atoms with Crippen LogP contribution in [0.15, 0.2) is 0 Å². The molecule has 1 nitrogen and oxygen atoms in total. The second-order valence-corrected chi connectivity index (χ2v) is 9.37. The number of ether oxygens (including phenoxy) is 1. The van der Waals surface area contributed by atoms with Gasteiger partial charge in [0.25, 0.3) is 0 Å². The first-order valence-electron chi connectivity index (χ1n) is 9.55. The maximum absolute atomic E-state index is 6.58. The molecule has 1 heteroatoms. The van der Waals surface area contributed by atoms with Crippen molar-refractivity contribution in [1.29, 1.82) is 0 Å². The Bertz CT molecular complexity index is 374. The lowest BCUT2D eigenvalue weighted by Gasteiger charge is -2.59. The average Bonchev–Trinajstić information content (AvgIpc) is 2.48. The van der Waals surface area contributed by atoms with Gasteiger partial charge in [0, 0.05) is 6.61 Å². The fourth-order valence-electron chi connectivity index (χ4n) is 6.08. The van der Waals surface area contributed by atoms with Crippen molar-refractivity contribution in [3.8, 4) is 0 Å². The number of fused-ring (bicyclic) bond motifs is 4. The van der Waals surface area contributed by atoms with E-state index >= 15 is 0 Å². The van der Waals surface area contributed by atoms with Gasteiger partial charge in [-0.15, -0.1) is 0 Å². The first kappa shape index (κ1) is 15.8. The highest BCUT2D eigenvalue weighted by Gasteiger charge is 2.59. The van der Waals surface area contributed by atoms with Crippen molar-refractivity contribution in [3.63, 3.8) is 0 Å². The molecule has 3 rings (SSSR count). The minimum atomic E-state index is 0.244. The van der Waals surface area contributed by atoms with Crippen LogP contribution < -0.4 is 0 Å². The van der Waals surface area contributed by atoms with E-state index in [4.69, 9.17) is 4.74 Å². The molecule has 0 radical (unpaired) electrons. The predicted molar refractivity (Wildman–Crippen MR) is 89.4 cm³/mol. The molecule has 0 amide bonds. The Morgan fingerprint density at radius 2 is 1.81 bits per heavy atom. The van der Waals surface area contributed by atoms with E-state index in [1.54, 1.807) is 0 Å². The Morgan fingerprint density at radius 1 is 1.00 bits per heavy atom. The molecule has 0 heterocycles. The molecule has 0 N–H and O–H groups in total. The average molecular weight is 293 g/mol. The van der Waals surface area contributed by atoms with Crippen LogP contribution in [0.4, 0.5) is 0 Å². The third-order valence-electron chi connectivity index (χ3n) is 7.30. The van der Waals surface area contributed by atoms with Crippen molar-refractivity contribution in [2.45, 2.75) is 97.5 Å². The van der Waals surface area contributed by atoms with Gasteiger partial charge in [0.15, 0.2) is 0 Å². The lowest BCUT2D eigenvalue weighted by molar-refractivity contribution is -0.130. The summed E-state index contributed by atoms with van der Waals surface area (Å²) >= 11 is 0. The van der Waals surface area contributed by atoms with Crippen molar-refractivity contribution in [2.24, 2.45) is 22.7 Å². The molecule has 2 bridgehead atoms. The molecule has 0 saturated heterocycles. The van der Waals surface area contributed by atoms with Crippen molar-refractivity contribution in [1.82, 2.24) is 0 Å². The minimum Gasteiger partial charge on any atom is -0.375 e. The molecule has 4 unspecified atom stereocenters. The van der Waals surface area contributed by atoms with Crippen LogP contribution in [0.3, 0.4) is 0 Å². The number of hydrogen-bond donors (Lipinski definition) is 0. The van der Waals surface area contributed by atoms with E-state index in [9.17, 15) is 0 Å². The normalized spacial score (nSPS) is 44.6. The fourth-order valence-corrected chi connectivity index (χ4v) is 6.08. The summed E-state index contributed by atoms with van der Waals surface area (Å²) in [4.78, 5) is 0. The van der Waals surface area contributed by atoms with E-state index in [2.05, 4.69) is 27.7 Å². The van der Waals surface area contributed by atoms with Gasteiger partial charge in [-0.3, -0.25) is 0 Å². The number of hydrogen-bond acceptors (Lipinski definition) is 1. The Morgan fingerprint density at radius 3 is 2.52 bits per heavy atom. The molecule has 0 aromatic carbocycles. The Balaban J connectivity index is 1.71. The highest BCUT2D eigenvalue weighted by molar-refractivity contribution is 5.09. The molecule has 0 aromatic heterocycles. The van der Waals surface area contributed by atoms with E-state index < -0.39 is 0 Å². The summed E-state index contributed by atoms with van der Waals surface area (Å²) in [5.74, 6) is 1.94. The van der Waals surface area contributed by atoms with Crippen LogP contribution in [0, 0.1) is 22.7 Å². The SMILES string of the molecule is CCCCCOC12CCCC(C)(C1)C1CC(C)(C)C1CC2. The van der Waals surface area contributed by atoms with Gasteiger partial charge >= 0.3 is 0 Å². The molecular weight excluding hydrogens is 256 g/mol. The molecule has 0 aromatic rings. The molecule has 4 atom stereocenters. The van der Waals surface area contributed by atoms with Crippen LogP contribution in [-0.2, 0) is 4.74 Å². The third-order valence-corrected chi connectivity index (χ3v) is 7.30. The van der Waals surface area contributed by atoms with Gasteiger partial charge in [-0.25, -0.2) is 0 Å². The summed E-state index contributed by atoms with van der Waals surface area (Å²) in [6.45, 7) is 10.9. The molecular formula is C20H36O. The van der Waals surface area contributed by atoms with Gasteiger partial charge in [0.2, 0.25) is 0 Å². The summed E-state index contributed by atoms with van der Waals surface area (Å²) in [6.07, 6.45) is 13.6. The largest absolute Gasteiger partial charge is 0.375 e. The standard InChI is InChI=1S/C20H36O/c1-5-6-7-13-21-20-11-8-10-19(4,15-20)17-14-18(2,3)16(17)9-12-20/h16-17H,5-15H2,1-4H3. The fraction of sp³-hybridized carbons (Fsp3) is 1.00. The van der Waals surface area contributed by atoms with Crippen molar-refractivity contribution in [2.75, 3.05) is 6.61 Å². The van der Waals surface area contributed by atoms with E-state index in [1.807, 2.05) is 0 Å². The van der Waals surface area contributed by atoms with E-state index in [0.29, 0.717) is 10.8 Å². The molecule has 3 aliphatic carbocycles. The van der Waals surface area contributed by atoms with Gasteiger partial charge in [0.1, 0.15) is 0 Å². The van der Waals surface area contributed by atoms with E-state index in [0.717, 1.165) is 18.4 Å². The monoisotopic (exact) mass is 292 g/mol. The highest BCUT2D eigenvalue weighted by atomic mass is 16.5. The van der Waals surface area contributed by atoms with Gasteiger partial charge in [-0.05, 0) is 67.6 Å². The number of rotatable bonds is 5. The first-order chi connectivity index (χ1) is 9.91. The van der Waals surface area contributed by atoms with Crippen LogP contribution in [0.2, 0.25) is 0 Å². The van der Waals surface area contributed by atoms with Gasteiger partial charge in [-0.2, -0.15) is 0 Å². The molecule has 21 heavy (non-hydrogen) atoms. The summed E-state index contributed by atoms with van der Waals surface area (Å²) in [7, 11) is 0. The summed E-state index contributed by atoms with van der Waals surface area (Å²) in [5.41, 5.74) is 1.41. The second-order valence-electron chi connectivity index (χ2n) is 9.37. The highest BCUT2D eigenvalue weighted by Crippen LogP contribution is 2.66. The topological polar surface area (TPSA) is 9.23 Å². The van der Waals surface area contributed by atoms with Crippen LogP contribution >= 0.6 is 0 Å². The van der Waals surface area contributed by atoms with Gasteiger partial charge in [0.05, 0.1) is 5.60 Å². The summed E-state index contributed by atoms with van der Waals surface area (Å²) in [5, 5.41) is 0. The summed E-state index contributed by atoms with van der Waals surface area (Å²) < 4.78 is 6.58. The molecule has 3 fully saturated rings. The van der Waals surface area contributed by atoms with Gasteiger partial charge < -0.3 is 4.74 Å². The van der Waals surface area contributed by atoms with Crippen molar-refractivity contribution < 1.29 is 4.74 Å². The molecule has 122 valence electrons. The Kier molecular flexibility index (Phi) is 4.19. The lowest BCUT2D eigenvalue weighted by Crippen LogP contribution is -2.52. The zero-order valence-corrected chi connectivity index (χ0v) is 14.8. The van der Waals surface area contributed by atoms with Crippen LogP contribution in [0.25, 0.3) is 0 Å². The minimum absolute atomic E-state index is 0.244. The lowest BCUT2D eigenvalue weighted by atomic mass is 9.46. The van der Waals surface area contributed by atoms with Crippen molar-refractivity contribution in [3.05, 3.63) is 0 Å². The summed E-state index contributed by atoms with van der Waals surface area (Å²) in [6, 6.07) is 0. The quantitative estimate of drug-likeness (QED) is 0.567. The van der Waals surface area contributed by atoms with Crippen LogP contribution in [-0.4, -0.2) is 12.2 Å². The van der Waals surface area contributed by atoms with Crippen LogP contribution in [0.5, 0.6) is 0 Å². The zero-order valence-electron chi connectivity index (χ0n) is 14.8. The maximum atomic E-state index is 6.58. The van der Waals surface area contributed by atoms with Crippen molar-refractivity contribution >= 4 is 0 Å². The van der Waals surface area contributed by atoms with E-state index in [1.165, 1.54) is 64.2 Å². The zero-order chi connectivity index (χ0) is 15.1. The predicted octanol–water partition coefficient (Wildman–Crippen LogP) is 5.97. The molecule has 0 aliphatic heterocycles. The third kappa shape index (κ3) is 2.80. The van der Waals surface area contributed by atoms with Gasteiger partial charge in [-0.1, -0.05) is 47.0 Å². The maximum Gasteiger partial charge on any atom is 0.0688 e. The molecule has 3 aliphatic rings. The second kappa shape index (κ2) is 5.55. The molecule has 0 spiro atoms. The van der Waals surface area contributed by atoms with Crippen LogP contribution in [0.1, 0.15) is 91.9 Å².